The minimum atomic E-state index is 0.798. The van der Waals surface area contributed by atoms with Crippen LogP contribution in [0.1, 0.15) is 17.0 Å². The predicted octanol–water partition coefficient (Wildman–Crippen LogP) is 3.35. The second-order valence-electron chi connectivity index (χ2n) is 6.17. The van der Waals surface area contributed by atoms with Crippen molar-refractivity contribution in [2.75, 3.05) is 11.4 Å². The first-order valence-electron chi connectivity index (χ1n) is 8.00. The molecule has 4 nitrogen and oxygen atoms in total. The second kappa shape index (κ2) is 5.54. The van der Waals surface area contributed by atoms with Crippen LogP contribution in [0.5, 0.6) is 0 Å². The summed E-state index contributed by atoms with van der Waals surface area (Å²) >= 11 is 0. The van der Waals surface area contributed by atoms with Crippen LogP contribution in [0, 0.1) is 6.92 Å². The highest BCUT2D eigenvalue weighted by Crippen LogP contribution is 2.30. The second-order valence-corrected chi connectivity index (χ2v) is 6.17. The number of fused-ring (bicyclic) bond motifs is 1. The molecule has 0 saturated heterocycles. The molecule has 0 unspecified atom stereocenters. The van der Waals surface area contributed by atoms with Crippen molar-refractivity contribution in [3.8, 4) is 11.4 Å². The Morgan fingerprint density at radius 2 is 1.87 bits per heavy atom. The highest BCUT2D eigenvalue weighted by Gasteiger charge is 2.21. The van der Waals surface area contributed by atoms with Crippen molar-refractivity contribution in [1.29, 1.82) is 0 Å². The lowest BCUT2D eigenvalue weighted by atomic mass is 10.1. The van der Waals surface area contributed by atoms with Gasteiger partial charge in [-0.25, -0.2) is 0 Å². The van der Waals surface area contributed by atoms with Crippen LogP contribution in [0.3, 0.4) is 0 Å². The minimum Gasteiger partial charge on any atom is -0.363 e. The van der Waals surface area contributed by atoms with Crippen molar-refractivity contribution >= 4 is 5.69 Å². The lowest BCUT2D eigenvalue weighted by molar-refractivity contribution is 0.735. The Morgan fingerprint density at radius 3 is 2.70 bits per heavy atom. The van der Waals surface area contributed by atoms with Crippen LogP contribution in [0.15, 0.2) is 48.5 Å². The zero-order chi connectivity index (χ0) is 15.8. The summed E-state index contributed by atoms with van der Waals surface area (Å²) in [5, 5.41) is 8.81. The predicted molar refractivity (Wildman–Crippen MR) is 92.4 cm³/mol. The average Bonchev–Trinajstić information content (AvgIpc) is 3.13. The van der Waals surface area contributed by atoms with Gasteiger partial charge in [0.15, 0.2) is 11.6 Å². The van der Waals surface area contributed by atoms with E-state index in [1.165, 1.54) is 16.8 Å². The SMILES string of the molecule is Cc1ccc2c(c1)N(Cc1nnc(-c3ccccc3)n1C)CC2. The minimum absolute atomic E-state index is 0.798. The Hall–Kier alpha value is -2.62. The number of aryl methyl sites for hydroxylation is 1. The van der Waals surface area contributed by atoms with E-state index in [4.69, 9.17) is 0 Å². The average molecular weight is 304 g/mol. The van der Waals surface area contributed by atoms with Crippen molar-refractivity contribution in [3.05, 3.63) is 65.5 Å². The van der Waals surface area contributed by atoms with Gasteiger partial charge in [-0.05, 0) is 30.5 Å². The maximum absolute atomic E-state index is 4.42. The van der Waals surface area contributed by atoms with Gasteiger partial charge in [-0.2, -0.15) is 0 Å². The van der Waals surface area contributed by atoms with E-state index in [1.807, 2.05) is 25.2 Å². The molecule has 0 fully saturated rings. The molecule has 23 heavy (non-hydrogen) atoms. The van der Waals surface area contributed by atoms with Crippen molar-refractivity contribution in [2.24, 2.45) is 7.05 Å². The zero-order valence-electron chi connectivity index (χ0n) is 13.5. The third-order valence-corrected chi connectivity index (χ3v) is 4.56. The number of benzene rings is 2. The number of rotatable bonds is 3. The molecule has 1 aliphatic heterocycles. The van der Waals surface area contributed by atoms with Crippen LogP contribution in [0.4, 0.5) is 5.69 Å². The standard InChI is InChI=1S/C19H20N4/c1-14-8-9-15-10-11-23(17(15)12-14)13-18-20-21-19(22(18)2)16-6-4-3-5-7-16/h3-9,12H,10-11,13H2,1-2H3. The molecule has 2 heterocycles. The number of aromatic nitrogens is 3. The van der Waals surface area contributed by atoms with E-state index < -0.39 is 0 Å². The first-order chi connectivity index (χ1) is 11.2. The Labute approximate surface area is 136 Å². The maximum atomic E-state index is 4.42. The van der Waals surface area contributed by atoms with E-state index in [1.54, 1.807) is 0 Å². The van der Waals surface area contributed by atoms with Gasteiger partial charge in [-0.3, -0.25) is 0 Å². The van der Waals surface area contributed by atoms with E-state index in [0.29, 0.717) is 0 Å². The summed E-state index contributed by atoms with van der Waals surface area (Å²) in [5.41, 5.74) is 5.18. The molecule has 0 atom stereocenters. The molecule has 116 valence electrons. The van der Waals surface area contributed by atoms with E-state index >= 15 is 0 Å². The van der Waals surface area contributed by atoms with E-state index in [0.717, 1.165) is 36.7 Å². The topological polar surface area (TPSA) is 34.0 Å². The van der Waals surface area contributed by atoms with Gasteiger partial charge in [0.1, 0.15) is 0 Å². The first kappa shape index (κ1) is 14.0. The monoisotopic (exact) mass is 304 g/mol. The lowest BCUT2D eigenvalue weighted by Gasteiger charge is -2.19. The Morgan fingerprint density at radius 1 is 1.04 bits per heavy atom. The van der Waals surface area contributed by atoms with Crippen molar-refractivity contribution in [1.82, 2.24) is 14.8 Å². The fraction of sp³-hybridized carbons (Fsp3) is 0.263. The van der Waals surface area contributed by atoms with E-state index in [2.05, 4.69) is 56.9 Å². The smallest absolute Gasteiger partial charge is 0.163 e. The van der Waals surface area contributed by atoms with Crippen molar-refractivity contribution in [2.45, 2.75) is 19.9 Å². The quantitative estimate of drug-likeness (QED) is 0.744. The molecule has 0 radical (unpaired) electrons. The van der Waals surface area contributed by atoms with Crippen LogP contribution >= 0.6 is 0 Å². The number of anilines is 1. The van der Waals surface area contributed by atoms with Gasteiger partial charge in [0.25, 0.3) is 0 Å². The van der Waals surface area contributed by atoms with Gasteiger partial charge < -0.3 is 9.47 Å². The third-order valence-electron chi connectivity index (χ3n) is 4.56. The summed E-state index contributed by atoms with van der Waals surface area (Å²) in [7, 11) is 2.05. The third kappa shape index (κ3) is 2.50. The van der Waals surface area contributed by atoms with Gasteiger partial charge in [-0.1, -0.05) is 42.5 Å². The molecule has 3 aromatic rings. The largest absolute Gasteiger partial charge is 0.363 e. The fourth-order valence-corrected chi connectivity index (χ4v) is 3.23. The highest BCUT2D eigenvalue weighted by atomic mass is 15.3. The summed E-state index contributed by atoms with van der Waals surface area (Å²) in [6.45, 7) is 3.99. The molecule has 0 spiro atoms. The van der Waals surface area contributed by atoms with Crippen LogP contribution in [0.2, 0.25) is 0 Å². The number of nitrogens with zero attached hydrogens (tertiary/aromatic N) is 4. The summed E-state index contributed by atoms with van der Waals surface area (Å²) < 4.78 is 2.10. The van der Waals surface area contributed by atoms with Crippen LogP contribution in [-0.2, 0) is 20.0 Å². The van der Waals surface area contributed by atoms with Crippen LogP contribution in [-0.4, -0.2) is 21.3 Å². The molecule has 4 rings (SSSR count). The molecule has 0 N–H and O–H groups in total. The normalized spacial score (nSPS) is 13.4. The molecule has 1 aliphatic rings. The summed E-state index contributed by atoms with van der Waals surface area (Å²) in [6, 6.07) is 16.9. The van der Waals surface area contributed by atoms with Crippen molar-refractivity contribution in [3.63, 3.8) is 0 Å². The Bertz CT molecular complexity index is 836. The molecule has 0 aliphatic carbocycles. The highest BCUT2D eigenvalue weighted by molar-refractivity contribution is 5.60. The molecule has 0 bridgehead atoms. The summed E-state index contributed by atoms with van der Waals surface area (Å²) in [6.07, 6.45) is 1.11. The molecule has 0 amide bonds. The number of hydrogen-bond acceptors (Lipinski definition) is 3. The van der Waals surface area contributed by atoms with Gasteiger partial charge >= 0.3 is 0 Å². The van der Waals surface area contributed by atoms with E-state index in [-0.39, 0.29) is 0 Å². The molecular weight excluding hydrogens is 284 g/mol. The first-order valence-corrected chi connectivity index (χ1v) is 8.00. The Kier molecular flexibility index (Phi) is 3.37. The molecular formula is C19H20N4. The zero-order valence-corrected chi connectivity index (χ0v) is 13.5. The molecule has 4 heteroatoms. The van der Waals surface area contributed by atoms with Crippen molar-refractivity contribution < 1.29 is 0 Å². The maximum Gasteiger partial charge on any atom is 0.163 e. The fourth-order valence-electron chi connectivity index (χ4n) is 3.23. The lowest BCUT2D eigenvalue weighted by Crippen LogP contribution is -2.22. The van der Waals surface area contributed by atoms with Crippen LogP contribution in [0.25, 0.3) is 11.4 Å². The molecule has 2 aromatic carbocycles. The van der Waals surface area contributed by atoms with Gasteiger partial charge in [0.05, 0.1) is 6.54 Å². The van der Waals surface area contributed by atoms with Gasteiger partial charge in [0, 0.05) is 24.8 Å². The number of hydrogen-bond donors (Lipinski definition) is 0. The summed E-state index contributed by atoms with van der Waals surface area (Å²) in [4.78, 5) is 2.40. The summed E-state index contributed by atoms with van der Waals surface area (Å²) in [5.74, 6) is 1.92. The van der Waals surface area contributed by atoms with Gasteiger partial charge in [-0.15, -0.1) is 10.2 Å². The van der Waals surface area contributed by atoms with E-state index in [9.17, 15) is 0 Å². The molecule has 1 aromatic heterocycles. The Balaban J connectivity index is 1.62. The van der Waals surface area contributed by atoms with Crippen LogP contribution < -0.4 is 4.90 Å². The van der Waals surface area contributed by atoms with Gasteiger partial charge in [0.2, 0.25) is 0 Å². The molecule has 0 saturated carbocycles.